The van der Waals surface area contributed by atoms with Gasteiger partial charge in [0.25, 0.3) is 0 Å². The molecular weight excluding hydrogens is 220 g/mol. The molecule has 0 amide bonds. The molecule has 2 rings (SSSR count). The summed E-state index contributed by atoms with van der Waals surface area (Å²) in [4.78, 5) is 4.01. The van der Waals surface area contributed by atoms with Gasteiger partial charge in [-0.3, -0.25) is 4.98 Å². The lowest BCUT2D eigenvalue weighted by Gasteiger charge is -2.28. The molecule has 0 aliphatic heterocycles. The van der Waals surface area contributed by atoms with E-state index in [9.17, 15) is 0 Å². The van der Waals surface area contributed by atoms with Gasteiger partial charge in [0.2, 0.25) is 0 Å². The minimum absolute atomic E-state index is 0.0541. The summed E-state index contributed by atoms with van der Waals surface area (Å²) in [5.74, 6) is 0. The molecule has 0 bridgehead atoms. The molecule has 1 aromatic rings. The molecule has 0 atom stereocenters. The van der Waals surface area contributed by atoms with Crippen LogP contribution in [0.15, 0.2) is 18.5 Å². The molecule has 88 valence electrons. The summed E-state index contributed by atoms with van der Waals surface area (Å²) in [5.41, 5.74) is 7.57. The molecule has 0 unspecified atom stereocenters. The molecule has 0 saturated heterocycles. The van der Waals surface area contributed by atoms with E-state index >= 15 is 0 Å². The van der Waals surface area contributed by atoms with E-state index in [4.69, 9.17) is 17.3 Å². The predicted molar refractivity (Wildman–Crippen MR) is 67.6 cm³/mol. The highest BCUT2D eigenvalue weighted by Gasteiger charge is 2.27. The zero-order chi connectivity index (χ0) is 11.4. The first kappa shape index (κ1) is 11.9. The van der Waals surface area contributed by atoms with Crippen molar-refractivity contribution in [1.29, 1.82) is 0 Å². The maximum absolute atomic E-state index is 6.48. The van der Waals surface area contributed by atoms with Crippen molar-refractivity contribution in [3.8, 4) is 0 Å². The minimum atomic E-state index is -0.0541. The molecule has 2 N–H and O–H groups in total. The van der Waals surface area contributed by atoms with Crippen LogP contribution in [0.25, 0.3) is 0 Å². The Balaban J connectivity index is 2.10. The summed E-state index contributed by atoms with van der Waals surface area (Å²) in [6.07, 6.45) is 11.8. The van der Waals surface area contributed by atoms with Crippen LogP contribution in [-0.2, 0) is 6.42 Å². The lowest BCUT2D eigenvalue weighted by atomic mass is 9.85. The maximum Gasteiger partial charge on any atom is 0.0621 e. The van der Waals surface area contributed by atoms with Gasteiger partial charge in [-0.25, -0.2) is 0 Å². The number of nitrogens with two attached hydrogens (primary N) is 1. The second-order valence-corrected chi connectivity index (χ2v) is 5.33. The van der Waals surface area contributed by atoms with Crippen molar-refractivity contribution in [1.82, 2.24) is 4.98 Å². The monoisotopic (exact) mass is 238 g/mol. The maximum atomic E-state index is 6.48. The molecule has 0 radical (unpaired) electrons. The second-order valence-electron chi connectivity index (χ2n) is 4.92. The van der Waals surface area contributed by atoms with E-state index in [-0.39, 0.29) is 5.54 Å². The fourth-order valence-electron chi connectivity index (χ4n) is 2.54. The van der Waals surface area contributed by atoms with Crippen LogP contribution in [0, 0.1) is 0 Å². The van der Waals surface area contributed by atoms with Gasteiger partial charge in [-0.05, 0) is 30.9 Å². The standard InChI is InChI=1S/C13H19ClN2/c14-12-10-16-8-5-11(12)9-13(15)6-3-1-2-4-7-13/h5,8,10H,1-4,6-7,9,15H2. The molecule has 16 heavy (non-hydrogen) atoms. The van der Waals surface area contributed by atoms with Gasteiger partial charge in [-0.2, -0.15) is 0 Å². The Morgan fingerprint density at radius 1 is 1.25 bits per heavy atom. The highest BCUT2D eigenvalue weighted by Crippen LogP contribution is 2.29. The number of nitrogens with zero attached hydrogens (tertiary/aromatic N) is 1. The first-order chi connectivity index (χ1) is 7.70. The molecule has 3 heteroatoms. The quantitative estimate of drug-likeness (QED) is 0.803. The molecule has 1 aliphatic rings. The molecule has 1 aliphatic carbocycles. The number of aromatic nitrogens is 1. The molecule has 1 heterocycles. The Morgan fingerprint density at radius 3 is 2.56 bits per heavy atom. The number of hydrogen-bond donors (Lipinski definition) is 1. The number of pyridine rings is 1. The lowest BCUT2D eigenvalue weighted by Crippen LogP contribution is -2.41. The summed E-state index contributed by atoms with van der Waals surface area (Å²) < 4.78 is 0. The van der Waals surface area contributed by atoms with Gasteiger partial charge >= 0.3 is 0 Å². The van der Waals surface area contributed by atoms with Crippen molar-refractivity contribution in [3.63, 3.8) is 0 Å². The van der Waals surface area contributed by atoms with E-state index < -0.39 is 0 Å². The molecule has 1 fully saturated rings. The summed E-state index contributed by atoms with van der Waals surface area (Å²) in [7, 11) is 0. The normalized spacial score (nSPS) is 20.4. The topological polar surface area (TPSA) is 38.9 Å². The molecular formula is C13H19ClN2. The fraction of sp³-hybridized carbons (Fsp3) is 0.615. The Kier molecular flexibility index (Phi) is 3.82. The highest BCUT2D eigenvalue weighted by molar-refractivity contribution is 6.31. The number of halogens is 1. The van der Waals surface area contributed by atoms with Crippen LogP contribution in [0.3, 0.4) is 0 Å². The molecule has 1 aromatic heterocycles. The Morgan fingerprint density at radius 2 is 1.94 bits per heavy atom. The van der Waals surface area contributed by atoms with E-state index in [1.165, 1.54) is 25.7 Å². The second kappa shape index (κ2) is 5.15. The predicted octanol–water partition coefficient (Wildman–Crippen LogP) is 3.33. The van der Waals surface area contributed by atoms with Crippen LogP contribution in [0.4, 0.5) is 0 Å². The van der Waals surface area contributed by atoms with Crippen molar-refractivity contribution >= 4 is 11.6 Å². The molecule has 2 nitrogen and oxygen atoms in total. The number of rotatable bonds is 2. The van der Waals surface area contributed by atoms with Gasteiger partial charge in [-0.1, -0.05) is 37.3 Å². The third-order valence-electron chi connectivity index (χ3n) is 3.50. The van der Waals surface area contributed by atoms with E-state index in [0.29, 0.717) is 0 Å². The largest absolute Gasteiger partial charge is 0.325 e. The van der Waals surface area contributed by atoms with E-state index in [0.717, 1.165) is 29.8 Å². The Labute approximate surface area is 102 Å². The van der Waals surface area contributed by atoms with E-state index in [1.54, 1.807) is 12.4 Å². The van der Waals surface area contributed by atoms with E-state index in [2.05, 4.69) is 4.98 Å². The zero-order valence-corrected chi connectivity index (χ0v) is 10.3. The van der Waals surface area contributed by atoms with Gasteiger partial charge in [0.15, 0.2) is 0 Å². The summed E-state index contributed by atoms with van der Waals surface area (Å²) in [6, 6.07) is 1.99. The van der Waals surface area contributed by atoms with E-state index in [1.807, 2.05) is 6.07 Å². The molecule has 0 aromatic carbocycles. The van der Waals surface area contributed by atoms with Crippen LogP contribution in [0.5, 0.6) is 0 Å². The fourth-order valence-corrected chi connectivity index (χ4v) is 2.72. The molecule has 1 saturated carbocycles. The third-order valence-corrected chi connectivity index (χ3v) is 3.84. The van der Waals surface area contributed by atoms with Gasteiger partial charge < -0.3 is 5.73 Å². The van der Waals surface area contributed by atoms with Gasteiger partial charge in [-0.15, -0.1) is 0 Å². The lowest BCUT2D eigenvalue weighted by molar-refractivity contribution is 0.369. The Hall–Kier alpha value is -0.600. The highest BCUT2D eigenvalue weighted by atomic mass is 35.5. The van der Waals surface area contributed by atoms with Gasteiger partial charge in [0, 0.05) is 17.9 Å². The first-order valence-corrected chi connectivity index (χ1v) is 6.45. The third kappa shape index (κ3) is 2.96. The van der Waals surface area contributed by atoms with Crippen molar-refractivity contribution in [2.75, 3.05) is 0 Å². The van der Waals surface area contributed by atoms with Crippen molar-refractivity contribution in [3.05, 3.63) is 29.0 Å². The zero-order valence-electron chi connectivity index (χ0n) is 9.58. The van der Waals surface area contributed by atoms with Crippen molar-refractivity contribution in [2.45, 2.75) is 50.5 Å². The minimum Gasteiger partial charge on any atom is -0.325 e. The van der Waals surface area contributed by atoms with Crippen LogP contribution >= 0.6 is 11.6 Å². The SMILES string of the molecule is NC1(Cc2ccncc2Cl)CCCCCC1. The average Bonchev–Trinajstić information content (AvgIpc) is 2.47. The van der Waals surface area contributed by atoms with Crippen molar-refractivity contribution < 1.29 is 0 Å². The summed E-state index contributed by atoms with van der Waals surface area (Å²) in [6.45, 7) is 0. The van der Waals surface area contributed by atoms with Crippen LogP contribution in [0.2, 0.25) is 5.02 Å². The first-order valence-electron chi connectivity index (χ1n) is 6.07. The van der Waals surface area contributed by atoms with Gasteiger partial charge in [0.1, 0.15) is 0 Å². The number of hydrogen-bond acceptors (Lipinski definition) is 2. The Bertz CT molecular complexity index is 344. The van der Waals surface area contributed by atoms with Crippen LogP contribution in [-0.4, -0.2) is 10.5 Å². The van der Waals surface area contributed by atoms with Gasteiger partial charge in [0.05, 0.1) is 5.02 Å². The summed E-state index contributed by atoms with van der Waals surface area (Å²) >= 11 is 6.13. The average molecular weight is 239 g/mol. The smallest absolute Gasteiger partial charge is 0.0621 e. The van der Waals surface area contributed by atoms with Crippen LogP contribution in [0.1, 0.15) is 44.1 Å². The summed E-state index contributed by atoms with van der Waals surface area (Å²) in [5, 5.41) is 0.747. The molecule has 0 spiro atoms. The van der Waals surface area contributed by atoms with Crippen LogP contribution < -0.4 is 5.73 Å². The van der Waals surface area contributed by atoms with Crippen molar-refractivity contribution in [2.24, 2.45) is 5.73 Å².